The fourth-order valence-electron chi connectivity index (χ4n) is 2.16. The zero-order valence-corrected chi connectivity index (χ0v) is 14.8. The molecule has 0 saturated heterocycles. The van der Waals surface area contributed by atoms with E-state index < -0.39 is 0 Å². The maximum Gasteiger partial charge on any atom is 0.275 e. The molecular weight excluding hydrogens is 314 g/mol. The van der Waals surface area contributed by atoms with Crippen LogP contribution < -0.4 is 5.73 Å². The van der Waals surface area contributed by atoms with Crippen molar-refractivity contribution in [2.24, 2.45) is 11.1 Å². The SMILES string of the molecule is Cc1ccc(-n2cc(C(=O)N(C)CC(C)(C)CN)nn2)cc1.Cl. The minimum absolute atomic E-state index is 0. The highest BCUT2D eigenvalue weighted by Gasteiger charge is 2.23. The molecule has 0 atom stereocenters. The molecule has 0 radical (unpaired) electrons. The minimum Gasteiger partial charge on any atom is -0.340 e. The van der Waals surface area contributed by atoms with Crippen molar-refractivity contribution < 1.29 is 4.79 Å². The normalized spacial score (nSPS) is 11.0. The summed E-state index contributed by atoms with van der Waals surface area (Å²) in [5.41, 5.74) is 7.96. The molecule has 1 aromatic carbocycles. The molecule has 1 amide bonds. The molecule has 0 fully saturated rings. The lowest BCUT2D eigenvalue weighted by atomic mass is 9.93. The molecule has 23 heavy (non-hydrogen) atoms. The molecular formula is C16H24ClN5O. The van der Waals surface area contributed by atoms with Gasteiger partial charge >= 0.3 is 0 Å². The summed E-state index contributed by atoms with van der Waals surface area (Å²) in [5.74, 6) is -0.153. The van der Waals surface area contributed by atoms with Crippen LogP contribution in [0.15, 0.2) is 30.5 Å². The summed E-state index contributed by atoms with van der Waals surface area (Å²) < 4.78 is 1.61. The second-order valence-corrected chi connectivity index (χ2v) is 6.41. The van der Waals surface area contributed by atoms with Crippen LogP contribution in [0.4, 0.5) is 0 Å². The van der Waals surface area contributed by atoms with E-state index in [1.165, 1.54) is 5.56 Å². The van der Waals surface area contributed by atoms with Crippen LogP contribution in [-0.4, -0.2) is 45.9 Å². The van der Waals surface area contributed by atoms with Crippen LogP contribution in [0.5, 0.6) is 0 Å². The first-order chi connectivity index (χ1) is 10.3. The van der Waals surface area contributed by atoms with Crippen molar-refractivity contribution in [3.8, 4) is 5.69 Å². The van der Waals surface area contributed by atoms with Gasteiger partial charge in [0.25, 0.3) is 5.91 Å². The van der Waals surface area contributed by atoms with Gasteiger partial charge in [0.05, 0.1) is 11.9 Å². The Morgan fingerprint density at radius 1 is 1.30 bits per heavy atom. The number of nitrogens with two attached hydrogens (primary N) is 1. The molecule has 0 spiro atoms. The van der Waals surface area contributed by atoms with Crippen molar-refractivity contribution in [1.29, 1.82) is 0 Å². The first-order valence-corrected chi connectivity index (χ1v) is 7.27. The molecule has 2 N–H and O–H groups in total. The number of aromatic nitrogens is 3. The molecule has 1 aromatic heterocycles. The van der Waals surface area contributed by atoms with Crippen molar-refractivity contribution in [3.05, 3.63) is 41.7 Å². The van der Waals surface area contributed by atoms with E-state index in [0.29, 0.717) is 18.8 Å². The van der Waals surface area contributed by atoms with Crippen LogP contribution in [0.3, 0.4) is 0 Å². The van der Waals surface area contributed by atoms with Crippen LogP contribution >= 0.6 is 12.4 Å². The van der Waals surface area contributed by atoms with E-state index in [4.69, 9.17) is 5.73 Å². The van der Waals surface area contributed by atoms with Gasteiger partial charge in [-0.1, -0.05) is 36.8 Å². The number of aryl methyl sites for hydroxylation is 1. The Hall–Kier alpha value is -1.92. The van der Waals surface area contributed by atoms with Crippen LogP contribution in [0.2, 0.25) is 0 Å². The van der Waals surface area contributed by atoms with Crippen LogP contribution in [0.1, 0.15) is 29.9 Å². The molecule has 2 aromatic rings. The fourth-order valence-corrected chi connectivity index (χ4v) is 2.16. The number of amides is 1. The third-order valence-electron chi connectivity index (χ3n) is 3.58. The third kappa shape index (κ3) is 4.77. The lowest BCUT2D eigenvalue weighted by Gasteiger charge is -2.28. The Bertz CT molecular complexity index is 651. The quantitative estimate of drug-likeness (QED) is 0.905. The van der Waals surface area contributed by atoms with Crippen molar-refractivity contribution in [3.63, 3.8) is 0 Å². The number of halogens is 1. The predicted octanol–water partition coefficient (Wildman–Crippen LogP) is 2.05. The highest BCUT2D eigenvalue weighted by Crippen LogP contribution is 2.15. The number of rotatable bonds is 5. The van der Waals surface area contributed by atoms with Crippen LogP contribution in [0, 0.1) is 12.3 Å². The monoisotopic (exact) mass is 337 g/mol. The molecule has 0 aliphatic rings. The van der Waals surface area contributed by atoms with Gasteiger partial charge in [-0.25, -0.2) is 4.68 Å². The third-order valence-corrected chi connectivity index (χ3v) is 3.58. The van der Waals surface area contributed by atoms with E-state index in [1.54, 1.807) is 22.8 Å². The fraction of sp³-hybridized carbons (Fsp3) is 0.438. The summed E-state index contributed by atoms with van der Waals surface area (Å²) in [5, 5.41) is 8.01. The van der Waals surface area contributed by atoms with Gasteiger partial charge in [0.1, 0.15) is 0 Å². The van der Waals surface area contributed by atoms with E-state index in [0.717, 1.165) is 5.69 Å². The second kappa shape index (κ2) is 7.57. The molecule has 7 heteroatoms. The summed E-state index contributed by atoms with van der Waals surface area (Å²) >= 11 is 0. The Morgan fingerprint density at radius 3 is 2.48 bits per heavy atom. The number of nitrogens with zero attached hydrogens (tertiary/aromatic N) is 4. The van der Waals surface area contributed by atoms with E-state index in [-0.39, 0.29) is 23.7 Å². The molecule has 0 bridgehead atoms. The summed E-state index contributed by atoms with van der Waals surface area (Å²) in [4.78, 5) is 14.0. The summed E-state index contributed by atoms with van der Waals surface area (Å²) in [6.07, 6.45) is 1.65. The van der Waals surface area contributed by atoms with E-state index >= 15 is 0 Å². The molecule has 6 nitrogen and oxygen atoms in total. The number of hydrogen-bond donors (Lipinski definition) is 1. The maximum absolute atomic E-state index is 12.4. The molecule has 2 rings (SSSR count). The van der Waals surface area contributed by atoms with Gasteiger partial charge in [-0.2, -0.15) is 0 Å². The largest absolute Gasteiger partial charge is 0.340 e. The molecule has 126 valence electrons. The maximum atomic E-state index is 12.4. The highest BCUT2D eigenvalue weighted by molar-refractivity contribution is 5.91. The molecule has 0 aliphatic carbocycles. The first-order valence-electron chi connectivity index (χ1n) is 7.27. The molecule has 0 unspecified atom stereocenters. The van der Waals surface area contributed by atoms with E-state index in [2.05, 4.69) is 10.3 Å². The first kappa shape index (κ1) is 19.1. The lowest BCUT2D eigenvalue weighted by molar-refractivity contribution is 0.0734. The van der Waals surface area contributed by atoms with Gasteiger partial charge < -0.3 is 10.6 Å². The zero-order valence-electron chi connectivity index (χ0n) is 14.0. The van der Waals surface area contributed by atoms with Gasteiger partial charge in [0, 0.05) is 13.6 Å². The zero-order chi connectivity index (χ0) is 16.3. The van der Waals surface area contributed by atoms with Gasteiger partial charge in [-0.05, 0) is 31.0 Å². The second-order valence-electron chi connectivity index (χ2n) is 6.41. The topological polar surface area (TPSA) is 77.0 Å². The van der Waals surface area contributed by atoms with E-state index in [9.17, 15) is 4.79 Å². The smallest absolute Gasteiger partial charge is 0.275 e. The number of benzene rings is 1. The Morgan fingerprint density at radius 2 is 1.91 bits per heavy atom. The summed E-state index contributed by atoms with van der Waals surface area (Å²) in [6.45, 7) is 7.16. The van der Waals surface area contributed by atoms with Gasteiger partial charge in [0.15, 0.2) is 5.69 Å². The molecule has 0 aliphatic heterocycles. The van der Waals surface area contributed by atoms with Crippen LogP contribution in [-0.2, 0) is 0 Å². The number of carbonyl (C=O) groups excluding carboxylic acids is 1. The minimum atomic E-state index is -0.153. The predicted molar refractivity (Wildman–Crippen MR) is 93.1 cm³/mol. The summed E-state index contributed by atoms with van der Waals surface area (Å²) in [7, 11) is 1.75. The Balaban J connectivity index is 0.00000264. The van der Waals surface area contributed by atoms with E-state index in [1.807, 2.05) is 45.0 Å². The Kier molecular flexibility index (Phi) is 6.29. The Labute approximate surface area is 143 Å². The lowest BCUT2D eigenvalue weighted by Crippen LogP contribution is -2.39. The van der Waals surface area contributed by atoms with Gasteiger partial charge in [-0.3, -0.25) is 4.79 Å². The van der Waals surface area contributed by atoms with Gasteiger partial charge in [0.2, 0.25) is 0 Å². The van der Waals surface area contributed by atoms with Crippen molar-refractivity contribution in [2.45, 2.75) is 20.8 Å². The average Bonchev–Trinajstić information content (AvgIpc) is 2.96. The van der Waals surface area contributed by atoms with Crippen LogP contribution in [0.25, 0.3) is 5.69 Å². The van der Waals surface area contributed by atoms with Crippen molar-refractivity contribution in [1.82, 2.24) is 19.9 Å². The van der Waals surface area contributed by atoms with Crippen molar-refractivity contribution in [2.75, 3.05) is 20.1 Å². The summed E-state index contributed by atoms with van der Waals surface area (Å²) in [6, 6.07) is 7.88. The molecule has 0 saturated carbocycles. The number of hydrogen-bond acceptors (Lipinski definition) is 4. The molecule has 1 heterocycles. The van der Waals surface area contributed by atoms with Gasteiger partial charge in [-0.15, -0.1) is 17.5 Å². The highest BCUT2D eigenvalue weighted by atomic mass is 35.5. The average molecular weight is 338 g/mol. The standard InChI is InChI=1S/C16H23N5O.ClH/c1-12-5-7-13(8-6-12)21-9-14(18-19-21)15(22)20(4)11-16(2,3)10-17;/h5-9H,10-11,17H2,1-4H3;1H. The number of carbonyl (C=O) groups is 1. The van der Waals surface area contributed by atoms with Crippen molar-refractivity contribution >= 4 is 18.3 Å².